The molecule has 0 spiro atoms. The SMILES string of the molecule is CC(=O)NCCOCCOCCOCCC(=O)O.CN(C)c1ccc2c(-c3ccccc3C(=O)[O-])c3ccc(=[N+](C)C)cc-3oc2c1. The summed E-state index contributed by atoms with van der Waals surface area (Å²) in [6.07, 6.45) is 0.00621. The molecule has 2 N–H and O–H groups in total. The Morgan fingerprint density at radius 1 is 0.872 bits per heavy atom. The summed E-state index contributed by atoms with van der Waals surface area (Å²) in [4.78, 5) is 34.5. The van der Waals surface area contributed by atoms with Gasteiger partial charge in [-0.1, -0.05) is 24.3 Å². The van der Waals surface area contributed by atoms with Crippen molar-refractivity contribution in [2.45, 2.75) is 13.3 Å². The van der Waals surface area contributed by atoms with E-state index < -0.39 is 11.9 Å². The molecule has 0 saturated heterocycles. The van der Waals surface area contributed by atoms with Crippen molar-refractivity contribution < 1.29 is 43.2 Å². The monoisotopic (exact) mass is 649 g/mol. The van der Waals surface area contributed by atoms with Gasteiger partial charge >= 0.3 is 5.97 Å². The number of ether oxygens (including phenoxy) is 3. The number of nitrogens with one attached hydrogen (secondary N) is 1. The third-order valence-corrected chi connectivity index (χ3v) is 6.96. The summed E-state index contributed by atoms with van der Waals surface area (Å²) in [6.45, 7) is 4.29. The largest absolute Gasteiger partial charge is 0.545 e. The fourth-order valence-electron chi connectivity index (χ4n) is 4.59. The lowest BCUT2D eigenvalue weighted by molar-refractivity contribution is -0.254. The van der Waals surface area contributed by atoms with Crippen LogP contribution in [0.2, 0.25) is 0 Å². The first kappa shape index (κ1) is 36.7. The molecule has 4 rings (SSSR count). The summed E-state index contributed by atoms with van der Waals surface area (Å²) in [5.41, 5.74) is 4.17. The zero-order valence-corrected chi connectivity index (χ0v) is 27.5. The summed E-state index contributed by atoms with van der Waals surface area (Å²) in [6, 6.07) is 18.9. The third kappa shape index (κ3) is 11.2. The van der Waals surface area contributed by atoms with Crippen LogP contribution < -0.4 is 25.3 Å². The molecule has 0 unspecified atom stereocenters. The molecule has 0 bridgehead atoms. The lowest BCUT2D eigenvalue weighted by Gasteiger charge is -2.19. The molecule has 12 heteroatoms. The minimum atomic E-state index is -1.20. The van der Waals surface area contributed by atoms with Crippen LogP contribution in [0.1, 0.15) is 23.7 Å². The molecule has 2 aromatic carbocycles. The Labute approximate surface area is 274 Å². The predicted octanol–water partition coefficient (Wildman–Crippen LogP) is 2.31. The molecule has 1 aliphatic carbocycles. The highest BCUT2D eigenvalue weighted by atomic mass is 16.5. The van der Waals surface area contributed by atoms with E-state index in [0.29, 0.717) is 56.5 Å². The molecule has 0 fully saturated rings. The quantitative estimate of drug-likeness (QED) is 0.111. The van der Waals surface area contributed by atoms with E-state index in [1.54, 1.807) is 12.1 Å². The first-order valence-corrected chi connectivity index (χ1v) is 15.2. The van der Waals surface area contributed by atoms with E-state index in [0.717, 1.165) is 27.6 Å². The second-order valence-corrected chi connectivity index (χ2v) is 10.9. The van der Waals surface area contributed by atoms with Crippen LogP contribution in [0.25, 0.3) is 33.4 Å². The Morgan fingerprint density at radius 3 is 2.15 bits per heavy atom. The van der Waals surface area contributed by atoms with Crippen LogP contribution in [0.5, 0.6) is 0 Å². The zero-order chi connectivity index (χ0) is 34.3. The van der Waals surface area contributed by atoms with Crippen LogP contribution in [0.3, 0.4) is 0 Å². The zero-order valence-electron chi connectivity index (χ0n) is 27.5. The summed E-state index contributed by atoms with van der Waals surface area (Å²) < 4.78 is 23.7. The van der Waals surface area contributed by atoms with E-state index in [-0.39, 0.29) is 24.5 Å². The Morgan fingerprint density at radius 2 is 1.53 bits per heavy atom. The molecule has 12 nitrogen and oxygen atoms in total. The van der Waals surface area contributed by atoms with Gasteiger partial charge in [0.1, 0.15) is 25.4 Å². The Kier molecular flexibility index (Phi) is 14.4. The fraction of sp³-hybridized carbons (Fsp3) is 0.371. The van der Waals surface area contributed by atoms with Crippen LogP contribution >= 0.6 is 0 Å². The van der Waals surface area contributed by atoms with Gasteiger partial charge in [0.05, 0.1) is 58.1 Å². The van der Waals surface area contributed by atoms with Crippen molar-refractivity contribution in [1.82, 2.24) is 9.89 Å². The maximum Gasteiger partial charge on any atom is 0.305 e. The van der Waals surface area contributed by atoms with Gasteiger partial charge in [-0.15, -0.1) is 0 Å². The lowest BCUT2D eigenvalue weighted by Crippen LogP contribution is -2.25. The number of carboxylic acids is 2. The first-order valence-electron chi connectivity index (χ1n) is 15.2. The number of hydrogen-bond acceptors (Lipinski definition) is 9. The number of hydrogen-bond donors (Lipinski definition) is 2. The van der Waals surface area contributed by atoms with Crippen molar-refractivity contribution in [3.05, 3.63) is 71.6 Å². The van der Waals surface area contributed by atoms with Gasteiger partial charge in [-0.25, -0.2) is 4.58 Å². The van der Waals surface area contributed by atoms with E-state index in [4.69, 9.17) is 23.7 Å². The molecular weight excluding hydrogens is 606 g/mol. The van der Waals surface area contributed by atoms with Gasteiger partial charge in [0, 0.05) is 67.5 Å². The number of anilines is 1. The van der Waals surface area contributed by atoms with Gasteiger partial charge in [-0.3, -0.25) is 9.59 Å². The van der Waals surface area contributed by atoms with Crippen LogP contribution in [-0.4, -0.2) is 97.3 Å². The van der Waals surface area contributed by atoms with Crippen LogP contribution in [0.4, 0.5) is 5.69 Å². The molecule has 2 aromatic rings. The molecule has 0 radical (unpaired) electrons. The smallest absolute Gasteiger partial charge is 0.305 e. The van der Waals surface area contributed by atoms with Gasteiger partial charge in [-0.2, -0.15) is 0 Å². The van der Waals surface area contributed by atoms with Gasteiger partial charge in [0.15, 0.2) is 0 Å². The third-order valence-electron chi connectivity index (χ3n) is 6.96. The molecule has 2 aliphatic rings. The van der Waals surface area contributed by atoms with Gasteiger partial charge in [0.25, 0.3) is 0 Å². The van der Waals surface area contributed by atoms with E-state index >= 15 is 0 Å². The van der Waals surface area contributed by atoms with Gasteiger partial charge in [0.2, 0.25) is 11.3 Å². The van der Waals surface area contributed by atoms with Crippen molar-refractivity contribution in [1.29, 1.82) is 0 Å². The number of carboxylic acid groups (broad SMARTS) is 2. The van der Waals surface area contributed by atoms with Crippen molar-refractivity contribution >= 4 is 34.5 Å². The van der Waals surface area contributed by atoms with E-state index in [1.807, 2.05) is 86.2 Å². The first-order chi connectivity index (χ1) is 22.5. The number of amides is 1. The molecule has 0 aromatic heterocycles. The topological polar surface area (TPSA) is 154 Å². The van der Waals surface area contributed by atoms with Crippen LogP contribution in [0, 0.1) is 0 Å². The average Bonchev–Trinajstić information content (AvgIpc) is 3.03. The minimum Gasteiger partial charge on any atom is -0.545 e. The van der Waals surface area contributed by atoms with Gasteiger partial charge < -0.3 is 43.9 Å². The normalized spacial score (nSPS) is 10.7. The van der Waals surface area contributed by atoms with E-state index in [2.05, 4.69) is 5.32 Å². The molecule has 252 valence electrons. The number of carbonyl (C=O) groups excluding carboxylic acids is 2. The van der Waals surface area contributed by atoms with Crippen molar-refractivity contribution in [3.8, 4) is 22.5 Å². The summed E-state index contributed by atoms with van der Waals surface area (Å²) in [7, 11) is 7.88. The second kappa shape index (κ2) is 18.4. The highest BCUT2D eigenvalue weighted by Crippen LogP contribution is 2.41. The number of carbonyl (C=O) groups is 3. The number of aliphatic carboxylic acids is 1. The Bertz CT molecular complexity index is 1670. The maximum absolute atomic E-state index is 11.8. The standard InChI is InChI=1S/C24H22N2O3.C11H21NO6/c1-25(2)15-9-11-19-21(13-15)29-22-14-16(26(3)4)10-12-20(22)23(19)17-7-5-6-8-18(17)24(27)28;1-10(13)12-3-5-17-7-9-18-8-6-16-4-2-11(14)15/h5-14H,1-4H3;2-9H2,1H3,(H,12,13)(H,14,15). The van der Waals surface area contributed by atoms with Crippen LogP contribution in [0.15, 0.2) is 65.1 Å². The number of benzene rings is 3. The Hall–Kier alpha value is -4.78. The number of fused-ring (bicyclic) bond motifs is 2. The molecule has 0 atom stereocenters. The van der Waals surface area contributed by atoms with Crippen LogP contribution in [-0.2, 0) is 23.8 Å². The maximum atomic E-state index is 11.8. The number of nitrogens with zero attached hydrogens (tertiary/aromatic N) is 2. The molecular formula is C35H43N3O9. The van der Waals surface area contributed by atoms with Crippen molar-refractivity contribution in [2.24, 2.45) is 0 Å². The highest BCUT2D eigenvalue weighted by Gasteiger charge is 2.20. The summed E-state index contributed by atoms with van der Waals surface area (Å²) in [5.74, 6) is -1.45. The lowest BCUT2D eigenvalue weighted by atomic mass is 9.90. The minimum absolute atomic E-state index is 0.00621. The average molecular weight is 650 g/mol. The highest BCUT2D eigenvalue weighted by molar-refractivity contribution is 6.07. The molecule has 47 heavy (non-hydrogen) atoms. The van der Waals surface area contributed by atoms with E-state index in [9.17, 15) is 19.5 Å². The predicted molar refractivity (Wildman–Crippen MR) is 177 cm³/mol. The summed E-state index contributed by atoms with van der Waals surface area (Å²) >= 11 is 0. The molecule has 1 heterocycles. The van der Waals surface area contributed by atoms with Crippen molar-refractivity contribution in [2.75, 3.05) is 79.3 Å². The number of aromatic carboxylic acids is 1. The fourth-order valence-corrected chi connectivity index (χ4v) is 4.59. The molecule has 1 amide bonds. The molecule has 1 aliphatic heterocycles. The van der Waals surface area contributed by atoms with E-state index in [1.165, 1.54) is 6.92 Å². The van der Waals surface area contributed by atoms with Crippen molar-refractivity contribution in [3.63, 3.8) is 0 Å². The molecule has 0 saturated carbocycles. The van der Waals surface area contributed by atoms with Gasteiger partial charge in [-0.05, 0) is 23.8 Å². The summed E-state index contributed by atoms with van der Waals surface area (Å²) in [5, 5.41) is 24.6. The Balaban J connectivity index is 0.000000290. The second-order valence-electron chi connectivity index (χ2n) is 10.9. The number of rotatable bonds is 15.